The van der Waals surface area contributed by atoms with Crippen LogP contribution in [0.3, 0.4) is 0 Å². The van der Waals surface area contributed by atoms with Gasteiger partial charge < -0.3 is 10.3 Å². The van der Waals surface area contributed by atoms with E-state index in [4.69, 9.17) is 0 Å². The highest BCUT2D eigenvalue weighted by atomic mass is 32.2. The number of carbonyl (C=O) groups excluding carboxylic acids is 1. The quantitative estimate of drug-likeness (QED) is 0.591. The highest BCUT2D eigenvalue weighted by Gasteiger charge is 2.12. The van der Waals surface area contributed by atoms with Crippen LogP contribution in [-0.4, -0.2) is 26.6 Å². The van der Waals surface area contributed by atoms with Crippen molar-refractivity contribution in [3.05, 3.63) is 32.7 Å². The van der Waals surface area contributed by atoms with Crippen molar-refractivity contribution in [2.75, 3.05) is 11.1 Å². The van der Waals surface area contributed by atoms with Gasteiger partial charge in [0.15, 0.2) is 10.3 Å². The predicted octanol–water partition coefficient (Wildman–Crippen LogP) is 2.78. The summed E-state index contributed by atoms with van der Waals surface area (Å²) in [6, 6.07) is 0. The molecule has 0 atom stereocenters. The average molecular weight is 352 g/mol. The van der Waals surface area contributed by atoms with E-state index >= 15 is 0 Å². The number of nitrogens with one attached hydrogen (secondary N) is 2. The molecule has 0 unspecified atom stereocenters. The van der Waals surface area contributed by atoms with E-state index in [1.807, 2.05) is 19.2 Å². The highest BCUT2D eigenvalue weighted by Crippen LogP contribution is 2.17. The number of amides is 1. The van der Waals surface area contributed by atoms with E-state index in [9.17, 15) is 9.59 Å². The number of rotatable bonds is 7. The van der Waals surface area contributed by atoms with Crippen LogP contribution < -0.4 is 10.9 Å². The van der Waals surface area contributed by atoms with Gasteiger partial charge in [-0.3, -0.25) is 9.59 Å². The van der Waals surface area contributed by atoms with E-state index in [-0.39, 0.29) is 17.2 Å². The minimum Gasteiger partial charge on any atom is -0.301 e. The van der Waals surface area contributed by atoms with Gasteiger partial charge in [0.25, 0.3) is 5.56 Å². The van der Waals surface area contributed by atoms with Crippen molar-refractivity contribution in [3.8, 4) is 0 Å². The Kier molecular flexibility index (Phi) is 6.35. The molecule has 2 aromatic heterocycles. The van der Waals surface area contributed by atoms with Crippen LogP contribution in [0.1, 0.15) is 37.2 Å². The number of aromatic nitrogens is 3. The van der Waals surface area contributed by atoms with Crippen LogP contribution in [-0.2, 0) is 17.6 Å². The lowest BCUT2D eigenvalue weighted by molar-refractivity contribution is -0.113. The Morgan fingerprint density at radius 2 is 2.17 bits per heavy atom. The standard InChI is InChI=1S/C15H20N4O2S2/c1-4-6-11-10(5-2)13(21)19-15(17-11)23-8-12(20)18-14-16-9(3)7-22-14/h7H,4-6,8H2,1-3H3,(H,16,18,20)(H,17,19,21). The molecule has 6 nitrogen and oxygen atoms in total. The third-order valence-electron chi connectivity index (χ3n) is 3.13. The van der Waals surface area contributed by atoms with Crippen LogP contribution in [0.25, 0.3) is 0 Å². The van der Waals surface area contributed by atoms with E-state index in [2.05, 4.69) is 27.2 Å². The number of aromatic amines is 1. The molecule has 2 aromatic rings. The molecule has 0 aliphatic heterocycles. The lowest BCUT2D eigenvalue weighted by Crippen LogP contribution is -2.19. The molecule has 0 bridgehead atoms. The SMILES string of the molecule is CCCc1nc(SCC(=O)Nc2nc(C)cs2)[nH]c(=O)c1CC. The van der Waals surface area contributed by atoms with E-state index in [1.54, 1.807) is 0 Å². The summed E-state index contributed by atoms with van der Waals surface area (Å²) in [5.74, 6) is 0.0158. The molecule has 0 saturated heterocycles. The normalized spacial score (nSPS) is 10.7. The first-order valence-corrected chi connectivity index (χ1v) is 9.36. The maximum Gasteiger partial charge on any atom is 0.254 e. The Bertz CT molecular complexity index is 739. The maximum atomic E-state index is 12.1. The molecule has 0 saturated carbocycles. The van der Waals surface area contributed by atoms with Crippen molar-refractivity contribution < 1.29 is 4.79 Å². The number of carbonyl (C=O) groups is 1. The third-order valence-corrected chi connectivity index (χ3v) is 4.87. The summed E-state index contributed by atoms with van der Waals surface area (Å²) in [5, 5.41) is 5.69. The van der Waals surface area contributed by atoms with Crippen LogP contribution in [0.15, 0.2) is 15.3 Å². The number of hydrogen-bond donors (Lipinski definition) is 2. The molecule has 2 N–H and O–H groups in total. The first-order chi connectivity index (χ1) is 11.0. The molecule has 0 spiro atoms. The number of hydrogen-bond acceptors (Lipinski definition) is 6. The second kappa shape index (κ2) is 8.26. The first kappa shape index (κ1) is 17.7. The lowest BCUT2D eigenvalue weighted by atomic mass is 10.1. The average Bonchev–Trinajstić information content (AvgIpc) is 2.90. The minimum absolute atomic E-state index is 0.107. The zero-order chi connectivity index (χ0) is 16.8. The van der Waals surface area contributed by atoms with Crippen LogP contribution in [0.5, 0.6) is 0 Å². The molecular formula is C15H20N4O2S2. The summed E-state index contributed by atoms with van der Waals surface area (Å²) in [6.45, 7) is 5.88. The van der Waals surface area contributed by atoms with Crippen molar-refractivity contribution in [2.24, 2.45) is 0 Å². The molecule has 0 aliphatic rings. The number of thiazole rings is 1. The van der Waals surface area contributed by atoms with Gasteiger partial charge in [0.2, 0.25) is 5.91 Å². The fourth-order valence-corrected chi connectivity index (χ4v) is 3.48. The summed E-state index contributed by atoms with van der Waals surface area (Å²) < 4.78 is 0. The summed E-state index contributed by atoms with van der Waals surface area (Å²) in [6.07, 6.45) is 2.36. The molecule has 0 aliphatic carbocycles. The van der Waals surface area contributed by atoms with Crippen molar-refractivity contribution in [1.82, 2.24) is 15.0 Å². The molecule has 124 valence electrons. The summed E-state index contributed by atoms with van der Waals surface area (Å²) in [4.78, 5) is 35.4. The largest absolute Gasteiger partial charge is 0.301 e. The summed E-state index contributed by atoms with van der Waals surface area (Å²) in [5.41, 5.74) is 2.34. The molecule has 2 heterocycles. The van der Waals surface area contributed by atoms with E-state index in [0.717, 1.165) is 29.8 Å². The van der Waals surface area contributed by atoms with Gasteiger partial charge in [-0.2, -0.15) is 0 Å². The van der Waals surface area contributed by atoms with Crippen molar-refractivity contribution in [2.45, 2.75) is 45.2 Å². The Morgan fingerprint density at radius 1 is 1.39 bits per heavy atom. The van der Waals surface area contributed by atoms with Gasteiger partial charge in [-0.25, -0.2) is 9.97 Å². The number of aryl methyl sites for hydroxylation is 2. The molecule has 8 heteroatoms. The minimum atomic E-state index is -0.163. The van der Waals surface area contributed by atoms with E-state index in [0.29, 0.717) is 16.7 Å². The maximum absolute atomic E-state index is 12.1. The summed E-state index contributed by atoms with van der Waals surface area (Å²) in [7, 11) is 0. The van der Waals surface area contributed by atoms with Gasteiger partial charge in [-0.15, -0.1) is 11.3 Å². The van der Waals surface area contributed by atoms with Crippen LogP contribution >= 0.6 is 23.1 Å². The van der Waals surface area contributed by atoms with E-state index in [1.165, 1.54) is 23.1 Å². The lowest BCUT2D eigenvalue weighted by Gasteiger charge is -2.08. The van der Waals surface area contributed by atoms with Crippen molar-refractivity contribution in [1.29, 1.82) is 0 Å². The second-order valence-corrected chi connectivity index (χ2v) is 6.85. The second-order valence-electron chi connectivity index (χ2n) is 5.03. The molecule has 0 aromatic carbocycles. The Morgan fingerprint density at radius 3 is 2.78 bits per heavy atom. The van der Waals surface area contributed by atoms with Gasteiger partial charge in [0.1, 0.15) is 0 Å². The van der Waals surface area contributed by atoms with Crippen molar-refractivity contribution >= 4 is 34.1 Å². The Hall–Kier alpha value is -1.67. The summed E-state index contributed by atoms with van der Waals surface area (Å²) >= 11 is 2.62. The van der Waals surface area contributed by atoms with Gasteiger partial charge in [-0.1, -0.05) is 32.0 Å². The number of H-pyrrole nitrogens is 1. The number of thioether (sulfide) groups is 1. The Balaban J connectivity index is 2.02. The third kappa shape index (κ3) is 4.90. The topological polar surface area (TPSA) is 87.7 Å². The van der Waals surface area contributed by atoms with Gasteiger partial charge >= 0.3 is 0 Å². The first-order valence-electron chi connectivity index (χ1n) is 7.50. The van der Waals surface area contributed by atoms with Gasteiger partial charge in [0, 0.05) is 10.9 Å². The zero-order valence-electron chi connectivity index (χ0n) is 13.4. The number of anilines is 1. The fraction of sp³-hybridized carbons (Fsp3) is 0.467. The molecule has 2 rings (SSSR count). The molecule has 23 heavy (non-hydrogen) atoms. The van der Waals surface area contributed by atoms with E-state index < -0.39 is 0 Å². The molecule has 0 radical (unpaired) electrons. The van der Waals surface area contributed by atoms with Crippen molar-refractivity contribution in [3.63, 3.8) is 0 Å². The monoisotopic (exact) mass is 352 g/mol. The molecule has 0 fully saturated rings. The van der Waals surface area contributed by atoms with Crippen LogP contribution in [0, 0.1) is 6.92 Å². The Labute approximate surface area is 143 Å². The number of nitrogens with zero attached hydrogens (tertiary/aromatic N) is 2. The van der Waals surface area contributed by atoms with Crippen LogP contribution in [0.4, 0.5) is 5.13 Å². The molecular weight excluding hydrogens is 332 g/mol. The predicted molar refractivity (Wildman–Crippen MR) is 94.4 cm³/mol. The van der Waals surface area contributed by atoms with Crippen LogP contribution in [0.2, 0.25) is 0 Å². The zero-order valence-corrected chi connectivity index (χ0v) is 15.1. The highest BCUT2D eigenvalue weighted by molar-refractivity contribution is 7.99. The van der Waals surface area contributed by atoms with Gasteiger partial charge in [0.05, 0.1) is 17.1 Å². The fourth-order valence-electron chi connectivity index (χ4n) is 2.10. The smallest absolute Gasteiger partial charge is 0.254 e. The molecule has 1 amide bonds. The van der Waals surface area contributed by atoms with Gasteiger partial charge in [-0.05, 0) is 19.8 Å².